The first-order chi connectivity index (χ1) is 9.36. The van der Waals surface area contributed by atoms with Gasteiger partial charge in [-0.1, -0.05) is 48.5 Å². The fourth-order valence-corrected chi connectivity index (χ4v) is 4.33. The Morgan fingerprint density at radius 1 is 0.737 bits per heavy atom. The average molecular weight is 247 g/mol. The highest BCUT2D eigenvalue weighted by molar-refractivity contribution is 5.90. The van der Waals surface area contributed by atoms with Gasteiger partial charge in [-0.15, -0.1) is 0 Å². The van der Waals surface area contributed by atoms with Gasteiger partial charge < -0.3 is 5.32 Å². The number of hydrogen-bond donors (Lipinski definition) is 1. The quantitative estimate of drug-likeness (QED) is 0.712. The summed E-state index contributed by atoms with van der Waals surface area (Å²) in [7, 11) is 0. The van der Waals surface area contributed by atoms with Crippen molar-refractivity contribution < 1.29 is 4.79 Å². The third-order valence-corrected chi connectivity index (χ3v) is 5.05. The summed E-state index contributed by atoms with van der Waals surface area (Å²) >= 11 is 0. The van der Waals surface area contributed by atoms with E-state index in [2.05, 4.69) is 53.8 Å². The van der Waals surface area contributed by atoms with Crippen LogP contribution in [0.15, 0.2) is 48.5 Å². The Morgan fingerprint density at radius 3 is 1.68 bits per heavy atom. The van der Waals surface area contributed by atoms with Crippen molar-refractivity contribution in [2.24, 2.45) is 5.92 Å². The molecule has 2 aromatic rings. The molecule has 0 radical (unpaired) electrons. The average Bonchev–Trinajstić information content (AvgIpc) is 2.46. The molecule has 4 aliphatic rings. The molecule has 1 fully saturated rings. The van der Waals surface area contributed by atoms with Gasteiger partial charge in [0.25, 0.3) is 0 Å². The molecular weight excluding hydrogens is 234 g/mol. The molecule has 2 heteroatoms. The molecule has 0 saturated carbocycles. The largest absolute Gasteiger partial charge is 0.351 e. The molecule has 1 amide bonds. The van der Waals surface area contributed by atoms with Crippen LogP contribution in [0.25, 0.3) is 0 Å². The van der Waals surface area contributed by atoms with Crippen molar-refractivity contribution in [3.05, 3.63) is 70.8 Å². The van der Waals surface area contributed by atoms with Crippen LogP contribution in [0.3, 0.4) is 0 Å². The van der Waals surface area contributed by atoms with Crippen LogP contribution in [0.5, 0.6) is 0 Å². The highest BCUT2D eigenvalue weighted by atomic mass is 16.2. The van der Waals surface area contributed by atoms with Crippen molar-refractivity contribution in [2.45, 2.75) is 17.9 Å². The van der Waals surface area contributed by atoms with Crippen LogP contribution in [0, 0.1) is 5.92 Å². The van der Waals surface area contributed by atoms with E-state index in [1.54, 1.807) is 0 Å². The molecule has 6 rings (SSSR count). The van der Waals surface area contributed by atoms with E-state index in [1.165, 1.54) is 22.3 Å². The Morgan fingerprint density at radius 2 is 1.21 bits per heavy atom. The predicted molar refractivity (Wildman–Crippen MR) is 72.0 cm³/mol. The van der Waals surface area contributed by atoms with Gasteiger partial charge in [0.15, 0.2) is 0 Å². The van der Waals surface area contributed by atoms with E-state index in [4.69, 9.17) is 0 Å². The van der Waals surface area contributed by atoms with Gasteiger partial charge in [0.05, 0.1) is 12.0 Å². The number of hydrogen-bond acceptors (Lipinski definition) is 1. The molecule has 2 nitrogen and oxygen atoms in total. The Kier molecular flexibility index (Phi) is 1.58. The zero-order chi connectivity index (χ0) is 12.6. The summed E-state index contributed by atoms with van der Waals surface area (Å²) in [5.74, 6) is 0.982. The minimum absolute atomic E-state index is 0.148. The number of nitrogens with one attached hydrogen (secondary N) is 1. The molecule has 0 spiro atoms. The van der Waals surface area contributed by atoms with Crippen LogP contribution in [0.4, 0.5) is 0 Å². The van der Waals surface area contributed by atoms with Crippen LogP contribution in [0.2, 0.25) is 0 Å². The van der Waals surface area contributed by atoms with E-state index < -0.39 is 0 Å². The summed E-state index contributed by atoms with van der Waals surface area (Å²) < 4.78 is 0. The normalized spacial score (nSPS) is 32.7. The molecule has 2 bridgehead atoms. The van der Waals surface area contributed by atoms with Crippen molar-refractivity contribution >= 4 is 5.91 Å². The van der Waals surface area contributed by atoms with Gasteiger partial charge in [0.1, 0.15) is 0 Å². The first-order valence-corrected chi connectivity index (χ1v) is 6.84. The highest BCUT2D eigenvalue weighted by Gasteiger charge is 2.58. The van der Waals surface area contributed by atoms with Crippen LogP contribution < -0.4 is 5.32 Å². The van der Waals surface area contributed by atoms with Crippen molar-refractivity contribution in [1.29, 1.82) is 0 Å². The lowest BCUT2D eigenvalue weighted by atomic mass is 9.54. The van der Waals surface area contributed by atoms with Gasteiger partial charge in [-0.05, 0) is 22.3 Å². The first-order valence-electron chi connectivity index (χ1n) is 6.84. The Balaban J connectivity index is 1.86. The van der Waals surface area contributed by atoms with Gasteiger partial charge in [-0.25, -0.2) is 0 Å². The summed E-state index contributed by atoms with van der Waals surface area (Å²) in [6.45, 7) is 0. The van der Waals surface area contributed by atoms with E-state index >= 15 is 0 Å². The van der Waals surface area contributed by atoms with Gasteiger partial charge in [-0.3, -0.25) is 4.79 Å². The smallest absolute Gasteiger partial charge is 0.226 e. The second kappa shape index (κ2) is 3.08. The molecule has 3 aliphatic carbocycles. The molecule has 1 heterocycles. The molecule has 1 saturated heterocycles. The van der Waals surface area contributed by atoms with Crippen molar-refractivity contribution in [2.75, 3.05) is 0 Å². The predicted octanol–water partition coefficient (Wildman–Crippen LogP) is 2.39. The van der Waals surface area contributed by atoms with E-state index in [0.29, 0.717) is 12.0 Å². The fraction of sp³-hybridized carbons (Fsp3) is 0.235. The third-order valence-electron chi connectivity index (χ3n) is 5.05. The summed E-state index contributed by atoms with van der Waals surface area (Å²) in [5, 5.41) is 3.12. The SMILES string of the molecule is O=C1N[C@@H]2C3c4ccccc4C(c4ccccc43)[C@H]12. The van der Waals surface area contributed by atoms with E-state index in [-0.39, 0.29) is 17.7 Å². The minimum atomic E-state index is 0.148. The number of rotatable bonds is 0. The first kappa shape index (κ1) is 9.79. The zero-order valence-corrected chi connectivity index (χ0v) is 10.3. The number of benzene rings is 2. The number of β-lactam (4-membered cyclic amide) rings is 1. The van der Waals surface area contributed by atoms with E-state index in [0.717, 1.165) is 0 Å². The number of carbonyl (C=O) groups excluding carboxylic acids is 1. The maximum absolute atomic E-state index is 12.0. The zero-order valence-electron chi connectivity index (χ0n) is 10.3. The standard InChI is InChI=1S/C17H13NO/c19-17-15-13-9-5-1-3-7-11(9)14(16(15)18-17)12-8-4-2-6-10(12)13/h1-8,13-16H,(H,18,19)/t13?,14?,15-,16+/m0/s1. The molecule has 19 heavy (non-hydrogen) atoms. The second-order valence-electron chi connectivity index (χ2n) is 5.77. The maximum Gasteiger partial charge on any atom is 0.226 e. The molecule has 0 aromatic heterocycles. The maximum atomic E-state index is 12.0. The van der Waals surface area contributed by atoms with Crippen LogP contribution in [0.1, 0.15) is 34.1 Å². The molecule has 1 aliphatic heterocycles. The minimum Gasteiger partial charge on any atom is -0.351 e. The lowest BCUT2D eigenvalue weighted by molar-refractivity contribution is -0.137. The molecule has 1 N–H and O–H groups in total. The lowest BCUT2D eigenvalue weighted by Gasteiger charge is -2.55. The van der Waals surface area contributed by atoms with Gasteiger partial charge in [0, 0.05) is 11.8 Å². The number of amides is 1. The van der Waals surface area contributed by atoms with Crippen LogP contribution in [-0.2, 0) is 4.79 Å². The van der Waals surface area contributed by atoms with E-state index in [1.807, 2.05) is 0 Å². The van der Waals surface area contributed by atoms with Crippen molar-refractivity contribution in [1.82, 2.24) is 5.32 Å². The second-order valence-corrected chi connectivity index (χ2v) is 5.77. The Labute approximate surface area is 111 Å². The Hall–Kier alpha value is -2.09. The molecule has 2 atom stereocenters. The molecule has 0 unspecified atom stereocenters. The van der Waals surface area contributed by atoms with Crippen molar-refractivity contribution in [3.63, 3.8) is 0 Å². The Bertz CT molecular complexity index is 673. The fourth-order valence-electron chi connectivity index (χ4n) is 4.33. The molecule has 2 aromatic carbocycles. The summed E-state index contributed by atoms with van der Waals surface area (Å²) in [5.41, 5.74) is 5.55. The lowest BCUT2D eigenvalue weighted by Crippen LogP contribution is -2.66. The number of carbonyl (C=O) groups is 1. The van der Waals surface area contributed by atoms with Crippen LogP contribution in [-0.4, -0.2) is 11.9 Å². The summed E-state index contributed by atoms with van der Waals surface area (Å²) in [4.78, 5) is 12.0. The van der Waals surface area contributed by atoms with Gasteiger partial charge in [0.2, 0.25) is 5.91 Å². The molecule has 92 valence electrons. The highest BCUT2D eigenvalue weighted by Crippen LogP contribution is 2.57. The summed E-state index contributed by atoms with van der Waals surface area (Å²) in [6.07, 6.45) is 0. The monoisotopic (exact) mass is 247 g/mol. The van der Waals surface area contributed by atoms with Gasteiger partial charge >= 0.3 is 0 Å². The third kappa shape index (κ3) is 0.985. The van der Waals surface area contributed by atoms with Crippen LogP contribution >= 0.6 is 0 Å². The van der Waals surface area contributed by atoms with Crippen molar-refractivity contribution in [3.8, 4) is 0 Å². The topological polar surface area (TPSA) is 29.1 Å². The van der Waals surface area contributed by atoms with E-state index in [9.17, 15) is 4.79 Å². The summed E-state index contributed by atoms with van der Waals surface area (Å²) in [6, 6.07) is 17.6. The van der Waals surface area contributed by atoms with Gasteiger partial charge in [-0.2, -0.15) is 0 Å². The molecular formula is C17H13NO.